The number of halogens is 1. The molecule has 1 aromatic heterocycles. The number of carbonyl (C=O) groups excluding carboxylic acids is 1. The van der Waals surface area contributed by atoms with Gasteiger partial charge in [0.1, 0.15) is 11.6 Å². The molecule has 27 heavy (non-hydrogen) atoms. The fraction of sp³-hybridized carbons (Fsp3) is 0.143. The molecule has 2 aromatic carbocycles. The number of thioether (sulfide) groups is 1. The van der Waals surface area contributed by atoms with Gasteiger partial charge in [-0.25, -0.2) is 9.37 Å². The Morgan fingerprint density at radius 1 is 1.07 bits per heavy atom. The Bertz CT molecular complexity index is 873. The highest BCUT2D eigenvalue weighted by Gasteiger charge is 2.05. The molecule has 0 saturated heterocycles. The number of hydrogen-bond donors (Lipinski definition) is 1. The van der Waals surface area contributed by atoms with Crippen LogP contribution in [0.25, 0.3) is 0 Å². The van der Waals surface area contributed by atoms with Crippen molar-refractivity contribution in [1.29, 1.82) is 0 Å². The third-order valence-electron chi connectivity index (χ3n) is 3.65. The number of benzene rings is 2. The summed E-state index contributed by atoms with van der Waals surface area (Å²) in [5.74, 6) is 0.861. The number of amides is 1. The van der Waals surface area contributed by atoms with E-state index in [0.717, 1.165) is 22.0 Å². The van der Waals surface area contributed by atoms with Gasteiger partial charge in [-0.2, -0.15) is 0 Å². The van der Waals surface area contributed by atoms with Crippen LogP contribution in [-0.4, -0.2) is 17.5 Å². The van der Waals surface area contributed by atoms with Gasteiger partial charge < -0.3 is 10.1 Å². The molecule has 1 N–H and O–H groups in total. The van der Waals surface area contributed by atoms with Crippen LogP contribution in [-0.2, 0) is 10.5 Å². The van der Waals surface area contributed by atoms with Gasteiger partial charge in [0.05, 0.1) is 18.1 Å². The van der Waals surface area contributed by atoms with Gasteiger partial charge in [0.2, 0.25) is 5.91 Å². The second-order valence-electron chi connectivity index (χ2n) is 5.76. The van der Waals surface area contributed by atoms with Crippen LogP contribution in [0.3, 0.4) is 0 Å². The first-order valence-corrected chi connectivity index (χ1v) is 9.48. The molecular weight excluding hydrogens is 363 g/mol. The normalized spacial score (nSPS) is 10.4. The summed E-state index contributed by atoms with van der Waals surface area (Å²) < 4.78 is 18.3. The van der Waals surface area contributed by atoms with E-state index < -0.39 is 0 Å². The van der Waals surface area contributed by atoms with Crippen LogP contribution in [0.4, 0.5) is 10.1 Å². The third kappa shape index (κ3) is 6.42. The molecule has 138 valence electrons. The zero-order chi connectivity index (χ0) is 18.9. The lowest BCUT2D eigenvalue weighted by atomic mass is 10.2. The van der Waals surface area contributed by atoms with Crippen molar-refractivity contribution in [3.8, 4) is 5.75 Å². The lowest BCUT2D eigenvalue weighted by Crippen LogP contribution is -2.15. The van der Waals surface area contributed by atoms with E-state index in [-0.39, 0.29) is 24.8 Å². The molecule has 0 aliphatic heterocycles. The Morgan fingerprint density at radius 3 is 2.70 bits per heavy atom. The Labute approximate surface area is 161 Å². The lowest BCUT2D eigenvalue weighted by molar-refractivity contribution is -0.116. The number of nitrogens with zero attached hydrogens (tertiary/aromatic N) is 1. The molecule has 1 amide bonds. The van der Waals surface area contributed by atoms with Gasteiger partial charge >= 0.3 is 0 Å². The maximum absolute atomic E-state index is 12.8. The minimum Gasteiger partial charge on any atom is -0.493 e. The van der Waals surface area contributed by atoms with E-state index in [1.807, 2.05) is 42.5 Å². The number of carbonyl (C=O) groups is 1. The Morgan fingerprint density at radius 2 is 1.93 bits per heavy atom. The average molecular weight is 382 g/mol. The molecule has 0 saturated carbocycles. The topological polar surface area (TPSA) is 51.2 Å². The van der Waals surface area contributed by atoms with Gasteiger partial charge in [-0.3, -0.25) is 4.79 Å². The van der Waals surface area contributed by atoms with Crippen LogP contribution < -0.4 is 10.1 Å². The fourth-order valence-corrected chi connectivity index (χ4v) is 3.15. The van der Waals surface area contributed by atoms with Crippen molar-refractivity contribution in [2.45, 2.75) is 17.2 Å². The molecule has 0 atom stereocenters. The Hall–Kier alpha value is -2.86. The molecule has 3 aromatic rings. The summed E-state index contributed by atoms with van der Waals surface area (Å²) in [6, 6.07) is 19.3. The lowest BCUT2D eigenvalue weighted by Gasteiger charge is -2.09. The van der Waals surface area contributed by atoms with Crippen LogP contribution >= 0.6 is 11.8 Å². The zero-order valence-corrected chi connectivity index (χ0v) is 15.4. The minimum absolute atomic E-state index is 0.133. The SMILES string of the molecule is O=C(CCOc1ccc(F)cc1)Nc1cccc(CSc2ccccn2)c1. The second-order valence-corrected chi connectivity index (χ2v) is 6.75. The summed E-state index contributed by atoms with van der Waals surface area (Å²) in [5.41, 5.74) is 1.85. The fourth-order valence-electron chi connectivity index (χ4n) is 2.34. The van der Waals surface area contributed by atoms with E-state index in [9.17, 15) is 9.18 Å². The van der Waals surface area contributed by atoms with E-state index in [4.69, 9.17) is 4.74 Å². The van der Waals surface area contributed by atoms with Gasteiger partial charge in [-0.15, -0.1) is 11.8 Å². The molecular formula is C21H19FN2O2S. The van der Waals surface area contributed by atoms with Crippen LogP contribution in [0.15, 0.2) is 78.0 Å². The minimum atomic E-state index is -0.318. The van der Waals surface area contributed by atoms with Gasteiger partial charge in [-0.1, -0.05) is 18.2 Å². The molecule has 0 radical (unpaired) electrons. The molecule has 0 aliphatic rings. The van der Waals surface area contributed by atoms with E-state index in [1.165, 1.54) is 24.3 Å². The Balaban J connectivity index is 1.45. The van der Waals surface area contributed by atoms with Crippen molar-refractivity contribution in [3.63, 3.8) is 0 Å². The van der Waals surface area contributed by atoms with Crippen LogP contribution in [0.5, 0.6) is 5.75 Å². The first-order chi connectivity index (χ1) is 13.2. The van der Waals surface area contributed by atoms with Crippen molar-refractivity contribution in [2.24, 2.45) is 0 Å². The quantitative estimate of drug-likeness (QED) is 0.562. The number of nitrogens with one attached hydrogen (secondary N) is 1. The van der Waals surface area contributed by atoms with Crippen LogP contribution in [0.2, 0.25) is 0 Å². The van der Waals surface area contributed by atoms with E-state index in [1.54, 1.807) is 18.0 Å². The number of aromatic nitrogens is 1. The monoisotopic (exact) mass is 382 g/mol. The van der Waals surface area contributed by atoms with Crippen molar-refractivity contribution in [2.75, 3.05) is 11.9 Å². The number of hydrogen-bond acceptors (Lipinski definition) is 4. The van der Waals surface area contributed by atoms with E-state index in [2.05, 4.69) is 10.3 Å². The molecule has 0 fully saturated rings. The number of pyridine rings is 1. The first-order valence-electron chi connectivity index (χ1n) is 8.50. The van der Waals surface area contributed by atoms with Gasteiger partial charge in [0.15, 0.2) is 0 Å². The molecule has 0 aliphatic carbocycles. The number of anilines is 1. The van der Waals surface area contributed by atoms with Gasteiger partial charge in [0, 0.05) is 17.6 Å². The highest BCUT2D eigenvalue weighted by atomic mass is 32.2. The molecule has 0 unspecified atom stereocenters. The molecule has 0 bridgehead atoms. The predicted molar refractivity (Wildman–Crippen MR) is 105 cm³/mol. The summed E-state index contributed by atoms with van der Waals surface area (Å²) >= 11 is 1.64. The standard InChI is InChI=1S/C21H19FN2O2S/c22-17-7-9-19(10-8-17)26-13-11-20(25)24-18-5-3-4-16(14-18)15-27-21-6-1-2-12-23-21/h1-10,12,14H,11,13,15H2,(H,24,25). The van der Waals surface area contributed by atoms with Crippen molar-refractivity contribution in [1.82, 2.24) is 4.98 Å². The molecule has 6 heteroatoms. The smallest absolute Gasteiger partial charge is 0.227 e. The van der Waals surface area contributed by atoms with Crippen molar-refractivity contribution in [3.05, 3.63) is 84.3 Å². The summed E-state index contributed by atoms with van der Waals surface area (Å²) in [6.45, 7) is 0.229. The molecule has 3 rings (SSSR count). The number of ether oxygens (including phenoxy) is 1. The summed E-state index contributed by atoms with van der Waals surface area (Å²) in [5, 5.41) is 3.83. The average Bonchev–Trinajstić information content (AvgIpc) is 2.69. The summed E-state index contributed by atoms with van der Waals surface area (Å²) in [4.78, 5) is 16.4. The van der Waals surface area contributed by atoms with E-state index in [0.29, 0.717) is 5.75 Å². The Kier molecular flexibility index (Phi) is 6.82. The molecule has 4 nitrogen and oxygen atoms in total. The van der Waals surface area contributed by atoms with Crippen molar-refractivity contribution >= 4 is 23.4 Å². The van der Waals surface area contributed by atoms with E-state index >= 15 is 0 Å². The maximum Gasteiger partial charge on any atom is 0.227 e. The third-order valence-corrected chi connectivity index (χ3v) is 4.66. The van der Waals surface area contributed by atoms with Crippen molar-refractivity contribution < 1.29 is 13.9 Å². The van der Waals surface area contributed by atoms with Crippen LogP contribution in [0.1, 0.15) is 12.0 Å². The van der Waals surface area contributed by atoms with Gasteiger partial charge in [0.25, 0.3) is 0 Å². The number of rotatable bonds is 8. The first kappa shape index (κ1) is 18.9. The zero-order valence-electron chi connectivity index (χ0n) is 14.6. The highest BCUT2D eigenvalue weighted by molar-refractivity contribution is 7.98. The largest absolute Gasteiger partial charge is 0.493 e. The summed E-state index contributed by atoms with van der Waals surface area (Å²) in [7, 11) is 0. The molecule has 1 heterocycles. The maximum atomic E-state index is 12.8. The highest BCUT2D eigenvalue weighted by Crippen LogP contribution is 2.22. The summed E-state index contributed by atoms with van der Waals surface area (Å²) in [6.07, 6.45) is 1.98. The van der Waals surface area contributed by atoms with Crippen LogP contribution in [0, 0.1) is 5.82 Å². The van der Waals surface area contributed by atoms with Gasteiger partial charge in [-0.05, 0) is 54.1 Å². The molecule has 0 spiro atoms. The second kappa shape index (κ2) is 9.73. The predicted octanol–water partition coefficient (Wildman–Crippen LogP) is 4.92.